The number of hydrogen-bond donors (Lipinski definition) is 1. The summed E-state index contributed by atoms with van der Waals surface area (Å²) >= 11 is 5.73. The minimum absolute atomic E-state index is 0.0456. The zero-order valence-electron chi connectivity index (χ0n) is 12.9. The Hall–Kier alpha value is -2.11. The first kappa shape index (κ1) is 16.7. The van der Waals surface area contributed by atoms with E-state index in [9.17, 15) is 9.18 Å². The SMILES string of the molecule is O=C(Nc1ccc(F)c(Cl)c1)c1ccccc1OCC1CCCO1. The topological polar surface area (TPSA) is 47.6 Å². The Balaban J connectivity index is 1.70. The molecule has 1 aliphatic rings. The maximum Gasteiger partial charge on any atom is 0.259 e. The van der Waals surface area contributed by atoms with Crippen molar-refractivity contribution in [1.82, 2.24) is 0 Å². The highest BCUT2D eigenvalue weighted by Crippen LogP contribution is 2.23. The van der Waals surface area contributed by atoms with E-state index in [1.54, 1.807) is 24.3 Å². The van der Waals surface area contributed by atoms with Gasteiger partial charge in [0.1, 0.15) is 18.2 Å². The number of anilines is 1. The van der Waals surface area contributed by atoms with Crippen LogP contribution in [0.3, 0.4) is 0 Å². The zero-order valence-corrected chi connectivity index (χ0v) is 13.7. The van der Waals surface area contributed by atoms with Gasteiger partial charge in [-0.05, 0) is 43.2 Å². The lowest BCUT2D eigenvalue weighted by molar-refractivity contribution is 0.0673. The van der Waals surface area contributed by atoms with Gasteiger partial charge in [0, 0.05) is 12.3 Å². The summed E-state index contributed by atoms with van der Waals surface area (Å²) < 4.78 is 24.5. The first-order chi connectivity index (χ1) is 11.6. The number of carbonyl (C=O) groups excluding carboxylic acids is 1. The summed E-state index contributed by atoms with van der Waals surface area (Å²) in [5.41, 5.74) is 0.816. The number of nitrogens with one attached hydrogen (secondary N) is 1. The number of halogens is 2. The van der Waals surface area contributed by atoms with Gasteiger partial charge in [0.05, 0.1) is 16.7 Å². The summed E-state index contributed by atoms with van der Waals surface area (Å²) in [4.78, 5) is 12.5. The molecule has 1 aliphatic heterocycles. The lowest BCUT2D eigenvalue weighted by Crippen LogP contribution is -2.19. The van der Waals surface area contributed by atoms with Crippen molar-refractivity contribution in [2.24, 2.45) is 0 Å². The maximum atomic E-state index is 13.2. The molecule has 1 fully saturated rings. The Labute approximate surface area is 144 Å². The Morgan fingerprint density at radius 1 is 1.33 bits per heavy atom. The second-order valence-corrected chi connectivity index (χ2v) is 5.93. The largest absolute Gasteiger partial charge is 0.490 e. The maximum absolute atomic E-state index is 13.2. The van der Waals surface area contributed by atoms with Gasteiger partial charge < -0.3 is 14.8 Å². The molecule has 0 saturated carbocycles. The van der Waals surface area contributed by atoms with E-state index in [1.807, 2.05) is 0 Å². The van der Waals surface area contributed by atoms with Crippen molar-refractivity contribution in [1.29, 1.82) is 0 Å². The fourth-order valence-corrected chi connectivity index (χ4v) is 2.69. The molecular weight excluding hydrogens is 333 g/mol. The molecule has 0 aromatic heterocycles. The third-order valence-electron chi connectivity index (χ3n) is 3.76. The second kappa shape index (κ2) is 7.64. The highest BCUT2D eigenvalue weighted by molar-refractivity contribution is 6.31. The van der Waals surface area contributed by atoms with Crippen molar-refractivity contribution < 1.29 is 18.7 Å². The molecule has 6 heteroatoms. The number of rotatable bonds is 5. The molecule has 0 aliphatic carbocycles. The summed E-state index contributed by atoms with van der Waals surface area (Å²) in [5.74, 6) is -0.394. The van der Waals surface area contributed by atoms with Gasteiger partial charge in [-0.25, -0.2) is 4.39 Å². The van der Waals surface area contributed by atoms with Crippen molar-refractivity contribution >= 4 is 23.2 Å². The van der Waals surface area contributed by atoms with Crippen LogP contribution < -0.4 is 10.1 Å². The molecule has 1 N–H and O–H groups in total. The quantitative estimate of drug-likeness (QED) is 0.876. The molecule has 2 aromatic carbocycles. The summed E-state index contributed by atoms with van der Waals surface area (Å²) in [6, 6.07) is 11.0. The van der Waals surface area contributed by atoms with Crippen LogP contribution in [0.1, 0.15) is 23.2 Å². The lowest BCUT2D eigenvalue weighted by atomic mass is 10.1. The average molecular weight is 350 g/mol. The van der Waals surface area contributed by atoms with E-state index < -0.39 is 5.82 Å². The summed E-state index contributed by atoms with van der Waals surface area (Å²) in [5, 5.41) is 2.65. The van der Waals surface area contributed by atoms with Crippen LogP contribution in [0, 0.1) is 5.82 Å². The van der Waals surface area contributed by atoms with Crippen molar-refractivity contribution in [3.63, 3.8) is 0 Å². The monoisotopic (exact) mass is 349 g/mol. The summed E-state index contributed by atoms with van der Waals surface area (Å²) in [6.07, 6.45) is 2.06. The number of para-hydroxylation sites is 1. The highest BCUT2D eigenvalue weighted by Gasteiger charge is 2.18. The number of amides is 1. The van der Waals surface area contributed by atoms with E-state index in [2.05, 4.69) is 5.32 Å². The van der Waals surface area contributed by atoms with E-state index in [0.717, 1.165) is 19.4 Å². The molecule has 126 valence electrons. The summed E-state index contributed by atoms with van der Waals surface area (Å²) in [7, 11) is 0. The number of carbonyl (C=O) groups is 1. The van der Waals surface area contributed by atoms with Crippen molar-refractivity contribution in [3.8, 4) is 5.75 Å². The van der Waals surface area contributed by atoms with Crippen LogP contribution in [0.15, 0.2) is 42.5 Å². The Kier molecular flexibility index (Phi) is 5.33. The normalized spacial score (nSPS) is 16.8. The van der Waals surface area contributed by atoms with Gasteiger partial charge in [-0.15, -0.1) is 0 Å². The van der Waals surface area contributed by atoms with Crippen molar-refractivity contribution in [2.45, 2.75) is 18.9 Å². The molecule has 0 spiro atoms. The molecule has 1 amide bonds. The molecule has 1 atom stereocenters. The molecule has 0 bridgehead atoms. The fraction of sp³-hybridized carbons (Fsp3) is 0.278. The standard InChI is InChI=1S/C18H17ClFNO3/c19-15-10-12(7-8-16(15)20)21-18(22)14-5-1-2-6-17(14)24-11-13-4-3-9-23-13/h1-2,5-8,10,13H,3-4,9,11H2,(H,21,22). The predicted molar refractivity (Wildman–Crippen MR) is 90.3 cm³/mol. The van der Waals surface area contributed by atoms with Gasteiger partial charge in [-0.3, -0.25) is 4.79 Å². The van der Waals surface area contributed by atoms with Crippen LogP contribution in [0.2, 0.25) is 5.02 Å². The van der Waals surface area contributed by atoms with Crippen LogP contribution in [-0.2, 0) is 4.74 Å². The van der Waals surface area contributed by atoms with E-state index in [-0.39, 0.29) is 17.0 Å². The predicted octanol–water partition coefficient (Wildman–Crippen LogP) is 4.29. The van der Waals surface area contributed by atoms with Gasteiger partial charge in [-0.2, -0.15) is 0 Å². The second-order valence-electron chi connectivity index (χ2n) is 5.53. The molecule has 3 rings (SSSR count). The molecule has 0 radical (unpaired) electrons. The first-order valence-corrected chi connectivity index (χ1v) is 8.11. The van der Waals surface area contributed by atoms with E-state index in [4.69, 9.17) is 21.1 Å². The van der Waals surface area contributed by atoms with E-state index in [1.165, 1.54) is 18.2 Å². The molecule has 24 heavy (non-hydrogen) atoms. The Morgan fingerprint density at radius 2 is 2.17 bits per heavy atom. The first-order valence-electron chi connectivity index (χ1n) is 7.73. The fourth-order valence-electron chi connectivity index (χ4n) is 2.51. The van der Waals surface area contributed by atoms with Crippen LogP contribution in [0.4, 0.5) is 10.1 Å². The molecule has 1 heterocycles. The van der Waals surface area contributed by atoms with Crippen LogP contribution in [0.5, 0.6) is 5.75 Å². The van der Waals surface area contributed by atoms with Gasteiger partial charge >= 0.3 is 0 Å². The highest BCUT2D eigenvalue weighted by atomic mass is 35.5. The van der Waals surface area contributed by atoms with Crippen LogP contribution in [0.25, 0.3) is 0 Å². The van der Waals surface area contributed by atoms with E-state index >= 15 is 0 Å². The van der Waals surface area contributed by atoms with Crippen molar-refractivity contribution in [3.05, 3.63) is 58.9 Å². The van der Waals surface area contributed by atoms with Crippen LogP contribution in [-0.4, -0.2) is 25.2 Å². The third kappa shape index (κ3) is 4.04. The van der Waals surface area contributed by atoms with E-state index in [0.29, 0.717) is 23.6 Å². The average Bonchev–Trinajstić information content (AvgIpc) is 3.10. The minimum atomic E-state index is -0.532. The minimum Gasteiger partial charge on any atom is -0.490 e. The number of hydrogen-bond acceptors (Lipinski definition) is 3. The number of benzene rings is 2. The lowest BCUT2D eigenvalue weighted by Gasteiger charge is -2.14. The Bertz CT molecular complexity index is 732. The van der Waals surface area contributed by atoms with Gasteiger partial charge in [0.2, 0.25) is 0 Å². The molecule has 1 saturated heterocycles. The van der Waals surface area contributed by atoms with Crippen molar-refractivity contribution in [2.75, 3.05) is 18.5 Å². The third-order valence-corrected chi connectivity index (χ3v) is 4.05. The van der Waals surface area contributed by atoms with Gasteiger partial charge in [0.25, 0.3) is 5.91 Å². The molecular formula is C18H17ClFNO3. The zero-order chi connectivity index (χ0) is 16.9. The van der Waals surface area contributed by atoms with Gasteiger partial charge in [-0.1, -0.05) is 23.7 Å². The Morgan fingerprint density at radius 3 is 2.92 bits per heavy atom. The summed E-state index contributed by atoms with van der Waals surface area (Å²) in [6.45, 7) is 1.16. The van der Waals surface area contributed by atoms with Crippen LogP contribution >= 0.6 is 11.6 Å². The molecule has 2 aromatic rings. The molecule has 1 unspecified atom stereocenters. The number of ether oxygens (including phenoxy) is 2. The van der Waals surface area contributed by atoms with Gasteiger partial charge in [0.15, 0.2) is 0 Å². The smallest absolute Gasteiger partial charge is 0.259 e. The molecule has 4 nitrogen and oxygen atoms in total.